The fraction of sp³-hybridized carbons (Fsp3) is 0.292. The highest BCUT2D eigenvalue weighted by Crippen LogP contribution is 2.14. The SMILES string of the molecule is CN=C(NCc1ccnc(OCc2ccccc2)c1)N1CCN(c2ccccn2)CC1.I. The van der Waals surface area contributed by atoms with Gasteiger partial charge in [0, 0.05) is 58.2 Å². The second-order valence-corrected chi connectivity index (χ2v) is 7.34. The molecule has 7 nitrogen and oxygen atoms in total. The normalized spacial score (nSPS) is 14.0. The van der Waals surface area contributed by atoms with Crippen molar-refractivity contribution in [3.63, 3.8) is 0 Å². The van der Waals surface area contributed by atoms with Crippen LogP contribution in [0.25, 0.3) is 0 Å². The van der Waals surface area contributed by atoms with Crippen molar-refractivity contribution in [1.29, 1.82) is 0 Å². The van der Waals surface area contributed by atoms with Gasteiger partial charge in [-0.25, -0.2) is 9.97 Å². The summed E-state index contributed by atoms with van der Waals surface area (Å²) in [4.78, 5) is 17.8. The predicted molar refractivity (Wildman–Crippen MR) is 139 cm³/mol. The minimum Gasteiger partial charge on any atom is -0.473 e. The highest BCUT2D eigenvalue weighted by molar-refractivity contribution is 14.0. The maximum absolute atomic E-state index is 5.85. The number of benzene rings is 1. The summed E-state index contributed by atoms with van der Waals surface area (Å²) in [5, 5.41) is 3.47. The van der Waals surface area contributed by atoms with Gasteiger partial charge >= 0.3 is 0 Å². The number of guanidine groups is 1. The van der Waals surface area contributed by atoms with Crippen LogP contribution in [0.5, 0.6) is 5.88 Å². The van der Waals surface area contributed by atoms with E-state index in [-0.39, 0.29) is 24.0 Å². The first-order valence-corrected chi connectivity index (χ1v) is 10.5. The second kappa shape index (κ2) is 12.2. The van der Waals surface area contributed by atoms with Gasteiger partial charge in [-0.3, -0.25) is 4.99 Å². The molecule has 1 aliphatic rings. The van der Waals surface area contributed by atoms with Crippen LogP contribution in [-0.2, 0) is 13.2 Å². The molecule has 1 saturated heterocycles. The molecule has 1 fully saturated rings. The highest BCUT2D eigenvalue weighted by atomic mass is 127. The lowest BCUT2D eigenvalue weighted by Gasteiger charge is -2.37. The molecule has 1 N–H and O–H groups in total. The quantitative estimate of drug-likeness (QED) is 0.291. The summed E-state index contributed by atoms with van der Waals surface area (Å²) in [6.45, 7) is 4.81. The summed E-state index contributed by atoms with van der Waals surface area (Å²) in [5.74, 6) is 2.57. The molecular formula is C24H29IN6O. The van der Waals surface area contributed by atoms with Crippen molar-refractivity contribution in [2.45, 2.75) is 13.2 Å². The first kappa shape index (κ1) is 23.8. The molecule has 3 aromatic rings. The van der Waals surface area contributed by atoms with Crippen LogP contribution >= 0.6 is 24.0 Å². The van der Waals surface area contributed by atoms with Crippen molar-refractivity contribution in [2.24, 2.45) is 4.99 Å². The molecule has 3 heterocycles. The van der Waals surface area contributed by atoms with Crippen LogP contribution in [0, 0.1) is 0 Å². The van der Waals surface area contributed by atoms with Gasteiger partial charge in [-0.05, 0) is 29.3 Å². The van der Waals surface area contributed by atoms with E-state index in [1.54, 1.807) is 6.20 Å². The summed E-state index contributed by atoms with van der Waals surface area (Å²) >= 11 is 0. The van der Waals surface area contributed by atoms with E-state index in [2.05, 4.69) is 36.1 Å². The van der Waals surface area contributed by atoms with E-state index in [0.29, 0.717) is 19.0 Å². The Hall–Kier alpha value is -2.88. The highest BCUT2D eigenvalue weighted by Gasteiger charge is 2.20. The molecule has 32 heavy (non-hydrogen) atoms. The Balaban J connectivity index is 0.00000289. The monoisotopic (exact) mass is 544 g/mol. The lowest BCUT2D eigenvalue weighted by atomic mass is 10.2. The number of anilines is 1. The molecule has 168 valence electrons. The topological polar surface area (TPSA) is 65.9 Å². The van der Waals surface area contributed by atoms with Crippen molar-refractivity contribution in [2.75, 3.05) is 38.1 Å². The Morgan fingerprint density at radius 1 is 0.938 bits per heavy atom. The van der Waals surface area contributed by atoms with Gasteiger partial charge in [-0.1, -0.05) is 36.4 Å². The molecule has 0 bridgehead atoms. The number of halogens is 1. The van der Waals surface area contributed by atoms with Gasteiger partial charge in [0.05, 0.1) is 0 Å². The molecule has 4 rings (SSSR count). The number of nitrogens with one attached hydrogen (secondary N) is 1. The van der Waals surface area contributed by atoms with Crippen LogP contribution in [0.15, 0.2) is 78.0 Å². The molecule has 0 aliphatic carbocycles. The van der Waals surface area contributed by atoms with E-state index < -0.39 is 0 Å². The molecule has 0 unspecified atom stereocenters. The maximum Gasteiger partial charge on any atom is 0.213 e. The zero-order valence-electron chi connectivity index (χ0n) is 18.2. The van der Waals surface area contributed by atoms with Gasteiger partial charge in [0.25, 0.3) is 0 Å². The van der Waals surface area contributed by atoms with Crippen LogP contribution in [-0.4, -0.2) is 54.1 Å². The largest absolute Gasteiger partial charge is 0.473 e. The smallest absolute Gasteiger partial charge is 0.213 e. The van der Waals surface area contributed by atoms with Gasteiger partial charge in [-0.2, -0.15) is 0 Å². The van der Waals surface area contributed by atoms with E-state index >= 15 is 0 Å². The van der Waals surface area contributed by atoms with E-state index in [9.17, 15) is 0 Å². The third-order valence-electron chi connectivity index (χ3n) is 5.24. The van der Waals surface area contributed by atoms with E-state index in [0.717, 1.165) is 49.1 Å². The lowest BCUT2D eigenvalue weighted by molar-refractivity contribution is 0.293. The van der Waals surface area contributed by atoms with Crippen LogP contribution in [0.3, 0.4) is 0 Å². The first-order valence-electron chi connectivity index (χ1n) is 10.5. The minimum atomic E-state index is 0. The molecule has 1 aromatic carbocycles. The summed E-state index contributed by atoms with van der Waals surface area (Å²) in [6.07, 6.45) is 3.63. The summed E-state index contributed by atoms with van der Waals surface area (Å²) < 4.78 is 5.85. The number of hydrogen-bond donors (Lipinski definition) is 1. The Kier molecular flexibility index (Phi) is 9.09. The molecule has 8 heteroatoms. The van der Waals surface area contributed by atoms with Crippen molar-refractivity contribution in [1.82, 2.24) is 20.2 Å². The second-order valence-electron chi connectivity index (χ2n) is 7.34. The standard InChI is InChI=1S/C24H28N6O.HI/c1-25-24(30-15-13-29(14-16-30)22-9-5-6-11-26-22)28-18-21-10-12-27-23(17-21)31-19-20-7-3-2-4-8-20;/h2-12,17H,13-16,18-19H2,1H3,(H,25,28);1H. The van der Waals surface area contributed by atoms with Crippen LogP contribution < -0.4 is 15.0 Å². The van der Waals surface area contributed by atoms with Gasteiger partial charge < -0.3 is 19.9 Å². The molecule has 0 saturated carbocycles. The number of piperazine rings is 1. The Morgan fingerprint density at radius 2 is 1.72 bits per heavy atom. The number of rotatable bonds is 6. The Bertz CT molecular complexity index is 978. The third-order valence-corrected chi connectivity index (χ3v) is 5.24. The van der Waals surface area contributed by atoms with E-state index in [1.165, 1.54) is 0 Å². The zero-order valence-corrected chi connectivity index (χ0v) is 20.6. The Morgan fingerprint density at radius 3 is 2.44 bits per heavy atom. The molecule has 0 amide bonds. The number of ether oxygens (including phenoxy) is 1. The number of aliphatic imine (C=N–C) groups is 1. The molecule has 0 atom stereocenters. The number of hydrogen-bond acceptors (Lipinski definition) is 5. The van der Waals surface area contributed by atoms with Gasteiger partial charge in [0.2, 0.25) is 5.88 Å². The molecule has 2 aromatic heterocycles. The van der Waals surface area contributed by atoms with Crippen molar-refractivity contribution >= 4 is 35.8 Å². The number of aromatic nitrogens is 2. The van der Waals surface area contributed by atoms with E-state index in [1.807, 2.05) is 67.8 Å². The van der Waals surface area contributed by atoms with Crippen LogP contribution in [0.1, 0.15) is 11.1 Å². The fourth-order valence-electron chi connectivity index (χ4n) is 3.57. The average Bonchev–Trinajstić information content (AvgIpc) is 2.85. The Labute approximate surface area is 206 Å². The molecule has 0 spiro atoms. The van der Waals surface area contributed by atoms with Gasteiger partial charge in [-0.15, -0.1) is 24.0 Å². The summed E-state index contributed by atoms with van der Waals surface area (Å²) in [6, 6.07) is 20.1. The predicted octanol–water partition coefficient (Wildman–Crippen LogP) is 3.57. The molecule has 1 aliphatic heterocycles. The number of nitrogens with zero attached hydrogens (tertiary/aromatic N) is 5. The van der Waals surface area contributed by atoms with Crippen LogP contribution in [0.2, 0.25) is 0 Å². The third kappa shape index (κ3) is 6.56. The minimum absolute atomic E-state index is 0. The van der Waals surface area contributed by atoms with Crippen molar-refractivity contribution in [3.05, 3.63) is 84.2 Å². The van der Waals surface area contributed by atoms with Gasteiger partial charge in [0.15, 0.2) is 5.96 Å². The lowest BCUT2D eigenvalue weighted by Crippen LogP contribution is -2.52. The van der Waals surface area contributed by atoms with Crippen LogP contribution in [0.4, 0.5) is 5.82 Å². The van der Waals surface area contributed by atoms with E-state index in [4.69, 9.17) is 4.74 Å². The molecular weight excluding hydrogens is 515 g/mol. The van der Waals surface area contributed by atoms with Crippen molar-refractivity contribution in [3.8, 4) is 5.88 Å². The maximum atomic E-state index is 5.85. The first-order chi connectivity index (χ1) is 15.3. The molecule has 0 radical (unpaired) electrons. The fourth-order valence-corrected chi connectivity index (χ4v) is 3.57. The number of pyridine rings is 2. The average molecular weight is 544 g/mol. The van der Waals surface area contributed by atoms with Crippen molar-refractivity contribution < 1.29 is 4.74 Å². The van der Waals surface area contributed by atoms with Gasteiger partial charge in [0.1, 0.15) is 12.4 Å². The summed E-state index contributed by atoms with van der Waals surface area (Å²) in [5.41, 5.74) is 2.23. The summed E-state index contributed by atoms with van der Waals surface area (Å²) in [7, 11) is 1.83. The zero-order chi connectivity index (χ0) is 21.3.